The molecule has 0 radical (unpaired) electrons. The zero-order valence-corrected chi connectivity index (χ0v) is 12.4. The van der Waals surface area contributed by atoms with Gasteiger partial charge in [-0.15, -0.1) is 0 Å². The molecule has 0 bridgehead atoms. The molecular weight excluding hydrogens is 238 g/mol. The van der Waals surface area contributed by atoms with Gasteiger partial charge in [0, 0.05) is 25.0 Å². The average Bonchev–Trinajstić information content (AvgIpc) is 2.79. The first-order valence-electron chi connectivity index (χ1n) is 6.95. The van der Waals surface area contributed by atoms with E-state index < -0.39 is 0 Å². The van der Waals surface area contributed by atoms with Gasteiger partial charge in [0.1, 0.15) is 11.5 Å². The van der Waals surface area contributed by atoms with Crippen molar-refractivity contribution >= 4 is 0 Å². The molecule has 0 aliphatic heterocycles. The van der Waals surface area contributed by atoms with Crippen molar-refractivity contribution in [1.82, 2.24) is 4.90 Å². The quantitative estimate of drug-likeness (QED) is 0.821. The maximum atomic E-state index is 8.82. The largest absolute Gasteiger partial charge is 0.465 e. The van der Waals surface area contributed by atoms with Crippen molar-refractivity contribution in [1.29, 1.82) is 5.26 Å². The molecule has 0 aromatic carbocycles. The van der Waals surface area contributed by atoms with E-state index in [1.54, 1.807) is 0 Å². The molecule has 2 atom stereocenters. The van der Waals surface area contributed by atoms with Crippen LogP contribution in [0.2, 0.25) is 0 Å². The van der Waals surface area contributed by atoms with Crippen molar-refractivity contribution in [2.75, 3.05) is 6.54 Å². The number of hydrogen-bond donors (Lipinski definition) is 1. The van der Waals surface area contributed by atoms with Gasteiger partial charge in [0.2, 0.25) is 0 Å². The lowest BCUT2D eigenvalue weighted by Gasteiger charge is -2.36. The molecule has 0 fully saturated rings. The minimum Gasteiger partial charge on any atom is -0.465 e. The zero-order valence-electron chi connectivity index (χ0n) is 12.4. The van der Waals surface area contributed by atoms with E-state index in [1.807, 2.05) is 19.1 Å². The summed E-state index contributed by atoms with van der Waals surface area (Å²) in [5.41, 5.74) is 6.28. The average molecular weight is 263 g/mol. The summed E-state index contributed by atoms with van der Waals surface area (Å²) in [6.45, 7) is 8.99. The molecule has 0 aliphatic carbocycles. The first-order chi connectivity index (χ1) is 9.01. The number of nitrogens with two attached hydrogens (primary N) is 1. The molecule has 4 heteroatoms. The summed E-state index contributed by atoms with van der Waals surface area (Å²) in [4.78, 5) is 2.26. The Kier molecular flexibility index (Phi) is 6.07. The predicted molar refractivity (Wildman–Crippen MR) is 76.5 cm³/mol. The van der Waals surface area contributed by atoms with Gasteiger partial charge in [-0.05, 0) is 39.3 Å². The number of furan rings is 1. The van der Waals surface area contributed by atoms with E-state index in [0.29, 0.717) is 19.0 Å². The van der Waals surface area contributed by atoms with Crippen molar-refractivity contribution in [3.05, 3.63) is 23.7 Å². The minimum absolute atomic E-state index is 0.00615. The summed E-state index contributed by atoms with van der Waals surface area (Å²) in [5.74, 6) is 1.80. The zero-order chi connectivity index (χ0) is 14.4. The summed E-state index contributed by atoms with van der Waals surface area (Å²) in [5, 5.41) is 8.82. The fourth-order valence-electron chi connectivity index (χ4n) is 2.35. The molecule has 4 nitrogen and oxygen atoms in total. The number of rotatable bonds is 7. The van der Waals surface area contributed by atoms with Crippen molar-refractivity contribution < 1.29 is 4.42 Å². The highest BCUT2D eigenvalue weighted by Gasteiger charge is 2.29. The van der Waals surface area contributed by atoms with Gasteiger partial charge in [-0.3, -0.25) is 4.90 Å². The van der Waals surface area contributed by atoms with E-state index in [2.05, 4.69) is 31.7 Å². The van der Waals surface area contributed by atoms with E-state index in [1.165, 1.54) is 0 Å². The summed E-state index contributed by atoms with van der Waals surface area (Å²) < 4.78 is 5.78. The van der Waals surface area contributed by atoms with Crippen LogP contribution in [0.1, 0.15) is 51.2 Å². The first-order valence-corrected chi connectivity index (χ1v) is 6.95. The molecule has 0 saturated heterocycles. The third kappa shape index (κ3) is 4.09. The molecule has 1 aromatic rings. The van der Waals surface area contributed by atoms with E-state index in [0.717, 1.165) is 17.9 Å². The third-order valence-electron chi connectivity index (χ3n) is 3.43. The molecule has 2 unspecified atom stereocenters. The van der Waals surface area contributed by atoms with Gasteiger partial charge in [0.25, 0.3) is 0 Å². The van der Waals surface area contributed by atoms with Gasteiger partial charge in [-0.2, -0.15) is 5.26 Å². The van der Waals surface area contributed by atoms with Crippen LogP contribution in [-0.2, 0) is 0 Å². The fraction of sp³-hybridized carbons (Fsp3) is 0.667. The van der Waals surface area contributed by atoms with E-state index >= 15 is 0 Å². The number of nitrogens with zero attached hydrogens (tertiary/aromatic N) is 2. The molecular formula is C15H25N3O. The van der Waals surface area contributed by atoms with Crippen LogP contribution in [0.5, 0.6) is 0 Å². The second-order valence-corrected chi connectivity index (χ2v) is 5.21. The SMILES string of the molecule is CCC(N)C(c1ccc(C)o1)N(CCC#N)C(C)C. The van der Waals surface area contributed by atoms with Gasteiger partial charge in [0.05, 0.1) is 12.1 Å². The topological polar surface area (TPSA) is 66.2 Å². The standard InChI is InChI=1S/C15H25N3O/c1-5-13(17)15(14-8-7-12(4)19-14)18(11(2)3)10-6-9-16/h7-8,11,13,15H,5-6,10,17H2,1-4H3. The van der Waals surface area contributed by atoms with Crippen molar-refractivity contribution in [3.63, 3.8) is 0 Å². The van der Waals surface area contributed by atoms with Crippen LogP contribution in [0.25, 0.3) is 0 Å². The maximum absolute atomic E-state index is 8.82. The summed E-state index contributed by atoms with van der Waals surface area (Å²) in [7, 11) is 0. The third-order valence-corrected chi connectivity index (χ3v) is 3.43. The second kappa shape index (κ2) is 7.32. The second-order valence-electron chi connectivity index (χ2n) is 5.21. The number of aryl methyl sites for hydroxylation is 1. The highest BCUT2D eigenvalue weighted by molar-refractivity contribution is 5.12. The Morgan fingerprint density at radius 1 is 1.42 bits per heavy atom. The molecule has 0 aliphatic rings. The highest BCUT2D eigenvalue weighted by atomic mass is 16.3. The molecule has 0 amide bonds. The summed E-state index contributed by atoms with van der Waals surface area (Å²) in [6.07, 6.45) is 1.38. The highest BCUT2D eigenvalue weighted by Crippen LogP contribution is 2.28. The Balaban J connectivity index is 3.03. The molecule has 19 heavy (non-hydrogen) atoms. The monoisotopic (exact) mass is 263 g/mol. The molecule has 1 heterocycles. The Bertz CT molecular complexity index is 419. The summed E-state index contributed by atoms with van der Waals surface area (Å²) in [6, 6.07) is 6.53. The van der Waals surface area contributed by atoms with Crippen LogP contribution in [0.15, 0.2) is 16.5 Å². The molecule has 1 rings (SSSR count). The van der Waals surface area contributed by atoms with Crippen LogP contribution in [-0.4, -0.2) is 23.5 Å². The summed E-state index contributed by atoms with van der Waals surface area (Å²) >= 11 is 0. The molecule has 106 valence electrons. The molecule has 1 aromatic heterocycles. The minimum atomic E-state index is 0.00615. The van der Waals surface area contributed by atoms with Gasteiger partial charge in [-0.1, -0.05) is 6.92 Å². The predicted octanol–water partition coefficient (Wildman–Crippen LogP) is 2.99. The Morgan fingerprint density at radius 3 is 2.53 bits per heavy atom. The smallest absolute Gasteiger partial charge is 0.122 e. The first kappa shape index (κ1) is 15.7. The lowest BCUT2D eigenvalue weighted by atomic mass is 10.0. The molecule has 0 saturated carbocycles. The molecule has 2 N–H and O–H groups in total. The number of hydrogen-bond acceptors (Lipinski definition) is 4. The Morgan fingerprint density at radius 2 is 2.11 bits per heavy atom. The number of nitriles is 1. The van der Waals surface area contributed by atoms with Gasteiger partial charge in [0.15, 0.2) is 0 Å². The Hall–Kier alpha value is -1.31. The van der Waals surface area contributed by atoms with Gasteiger partial charge < -0.3 is 10.2 Å². The van der Waals surface area contributed by atoms with E-state index in [-0.39, 0.29) is 12.1 Å². The van der Waals surface area contributed by atoms with Crippen LogP contribution in [0.3, 0.4) is 0 Å². The Labute approximate surface area is 116 Å². The van der Waals surface area contributed by atoms with Crippen LogP contribution >= 0.6 is 0 Å². The normalized spacial score (nSPS) is 14.6. The lowest BCUT2D eigenvalue weighted by molar-refractivity contribution is 0.115. The van der Waals surface area contributed by atoms with Crippen LogP contribution in [0, 0.1) is 18.3 Å². The van der Waals surface area contributed by atoms with E-state index in [9.17, 15) is 0 Å². The molecule has 0 spiro atoms. The van der Waals surface area contributed by atoms with Crippen LogP contribution in [0.4, 0.5) is 0 Å². The maximum Gasteiger partial charge on any atom is 0.122 e. The van der Waals surface area contributed by atoms with E-state index in [4.69, 9.17) is 15.4 Å². The van der Waals surface area contributed by atoms with Gasteiger partial charge in [-0.25, -0.2) is 0 Å². The van der Waals surface area contributed by atoms with Gasteiger partial charge >= 0.3 is 0 Å². The lowest BCUT2D eigenvalue weighted by Crippen LogP contribution is -2.44. The van der Waals surface area contributed by atoms with Crippen molar-refractivity contribution in [2.24, 2.45) is 5.73 Å². The van der Waals surface area contributed by atoms with Crippen molar-refractivity contribution in [2.45, 2.75) is 58.7 Å². The van der Waals surface area contributed by atoms with Crippen molar-refractivity contribution in [3.8, 4) is 6.07 Å². The fourth-order valence-corrected chi connectivity index (χ4v) is 2.35. The van der Waals surface area contributed by atoms with Crippen LogP contribution < -0.4 is 5.73 Å².